The first-order valence-electron chi connectivity index (χ1n) is 6.94. The number of hydrogen-bond acceptors (Lipinski definition) is 6. The van der Waals surface area contributed by atoms with E-state index in [0.717, 1.165) is 0 Å². The van der Waals surface area contributed by atoms with Crippen molar-refractivity contribution in [3.05, 3.63) is 29.8 Å². The predicted octanol–water partition coefficient (Wildman–Crippen LogP) is 2.63. The second-order valence-electron chi connectivity index (χ2n) is 4.35. The summed E-state index contributed by atoms with van der Waals surface area (Å²) in [7, 11) is -1.82. The van der Waals surface area contributed by atoms with Crippen LogP contribution in [0.15, 0.2) is 24.3 Å². The van der Waals surface area contributed by atoms with Crippen molar-refractivity contribution in [1.29, 1.82) is 0 Å². The number of aliphatic carboxylic acids is 1. The summed E-state index contributed by atoms with van der Waals surface area (Å²) >= 11 is 0. The lowest BCUT2D eigenvalue weighted by atomic mass is 10.1. The van der Waals surface area contributed by atoms with Gasteiger partial charge in [-0.05, 0) is 31.5 Å². The van der Waals surface area contributed by atoms with Gasteiger partial charge in [-0.15, -0.1) is 0 Å². The zero-order chi connectivity index (χ0) is 16.6. The van der Waals surface area contributed by atoms with Gasteiger partial charge in [0, 0.05) is 0 Å². The maximum atomic E-state index is 12.4. The molecule has 0 bridgehead atoms. The van der Waals surface area contributed by atoms with E-state index in [1.807, 2.05) is 0 Å². The van der Waals surface area contributed by atoms with E-state index in [9.17, 15) is 14.5 Å². The molecule has 8 heteroatoms. The molecule has 1 unspecified atom stereocenters. The topological polar surface area (TPSA) is 94.1 Å². The minimum absolute atomic E-state index is 0.183. The van der Waals surface area contributed by atoms with Gasteiger partial charge in [0.15, 0.2) is 0 Å². The standard InChI is InChI=1S/C14H22NO6P/c1-4-20-22(18,21-5-2)10-15-13(14(16)17)11-6-8-12(19-3)9-7-11/h6-9,13,15H,4-5,10H2,1-3H3,(H,16,17). The molecule has 0 aliphatic rings. The van der Waals surface area contributed by atoms with Crippen LogP contribution in [0.1, 0.15) is 25.5 Å². The van der Waals surface area contributed by atoms with Gasteiger partial charge < -0.3 is 18.9 Å². The molecule has 0 aromatic heterocycles. The van der Waals surface area contributed by atoms with Crippen LogP contribution in [0.25, 0.3) is 0 Å². The number of rotatable bonds is 10. The van der Waals surface area contributed by atoms with Crippen LogP contribution in [0.3, 0.4) is 0 Å². The fourth-order valence-electron chi connectivity index (χ4n) is 1.87. The zero-order valence-electron chi connectivity index (χ0n) is 12.9. The number of nitrogens with one attached hydrogen (secondary N) is 1. The number of carboxylic acid groups (broad SMARTS) is 1. The average molecular weight is 331 g/mol. The molecule has 1 aromatic carbocycles. The quantitative estimate of drug-likeness (QED) is 0.636. The number of hydrogen-bond donors (Lipinski definition) is 2. The summed E-state index contributed by atoms with van der Waals surface area (Å²) < 4.78 is 27.6. The molecule has 0 saturated carbocycles. The van der Waals surface area contributed by atoms with Gasteiger partial charge in [0.25, 0.3) is 0 Å². The highest BCUT2D eigenvalue weighted by molar-refractivity contribution is 7.53. The molecule has 1 rings (SSSR count). The first kappa shape index (κ1) is 18.6. The van der Waals surface area contributed by atoms with E-state index in [4.69, 9.17) is 13.8 Å². The van der Waals surface area contributed by atoms with Gasteiger partial charge in [0.1, 0.15) is 11.8 Å². The van der Waals surface area contributed by atoms with Gasteiger partial charge >= 0.3 is 13.6 Å². The number of carboxylic acids is 1. The van der Waals surface area contributed by atoms with Crippen LogP contribution in [0.4, 0.5) is 0 Å². The number of ether oxygens (including phenoxy) is 1. The van der Waals surface area contributed by atoms with E-state index in [-0.39, 0.29) is 19.5 Å². The molecule has 22 heavy (non-hydrogen) atoms. The van der Waals surface area contributed by atoms with Crippen LogP contribution in [0.2, 0.25) is 0 Å². The SMILES string of the molecule is CCOP(=O)(CNC(C(=O)O)c1ccc(OC)cc1)OCC. The molecule has 0 fully saturated rings. The van der Waals surface area contributed by atoms with Crippen LogP contribution >= 0.6 is 7.60 Å². The largest absolute Gasteiger partial charge is 0.497 e. The highest BCUT2D eigenvalue weighted by Crippen LogP contribution is 2.47. The van der Waals surface area contributed by atoms with Crippen molar-refractivity contribution in [1.82, 2.24) is 5.32 Å². The Morgan fingerprint density at radius 2 is 1.77 bits per heavy atom. The maximum Gasteiger partial charge on any atom is 0.344 e. The Morgan fingerprint density at radius 3 is 2.18 bits per heavy atom. The normalized spacial score (nSPS) is 12.9. The van der Waals surface area contributed by atoms with Crippen LogP contribution in [0, 0.1) is 0 Å². The lowest BCUT2D eigenvalue weighted by Crippen LogP contribution is -2.30. The van der Waals surface area contributed by atoms with E-state index < -0.39 is 19.6 Å². The predicted molar refractivity (Wildman–Crippen MR) is 82.2 cm³/mol. The third-order valence-corrected chi connectivity index (χ3v) is 4.71. The van der Waals surface area contributed by atoms with Crippen molar-refractivity contribution < 1.29 is 28.3 Å². The second-order valence-corrected chi connectivity index (χ2v) is 6.41. The van der Waals surface area contributed by atoms with Crippen molar-refractivity contribution in [2.75, 3.05) is 26.6 Å². The Bertz CT molecular complexity index is 509. The Balaban J connectivity index is 2.83. The van der Waals surface area contributed by atoms with Crippen LogP contribution in [-0.4, -0.2) is 37.7 Å². The summed E-state index contributed by atoms with van der Waals surface area (Å²) in [6.07, 6.45) is -0.183. The number of carbonyl (C=O) groups is 1. The smallest absolute Gasteiger partial charge is 0.344 e. The lowest BCUT2D eigenvalue weighted by Gasteiger charge is -2.21. The maximum absolute atomic E-state index is 12.4. The highest BCUT2D eigenvalue weighted by Gasteiger charge is 2.28. The highest BCUT2D eigenvalue weighted by atomic mass is 31.2. The Labute approximate surface area is 130 Å². The molecular formula is C14H22NO6P. The second kappa shape index (κ2) is 8.90. The first-order valence-corrected chi connectivity index (χ1v) is 8.66. The molecular weight excluding hydrogens is 309 g/mol. The third-order valence-electron chi connectivity index (χ3n) is 2.84. The van der Waals surface area contributed by atoms with Crippen LogP contribution in [0.5, 0.6) is 5.75 Å². The minimum atomic E-state index is -3.35. The van der Waals surface area contributed by atoms with Crippen molar-refractivity contribution in [2.45, 2.75) is 19.9 Å². The third kappa shape index (κ3) is 5.42. The molecule has 1 atom stereocenters. The molecule has 0 spiro atoms. The Kier molecular flexibility index (Phi) is 7.55. The molecule has 1 aromatic rings. The first-order chi connectivity index (χ1) is 10.5. The van der Waals surface area contributed by atoms with Crippen LogP contribution < -0.4 is 10.1 Å². The van der Waals surface area contributed by atoms with Gasteiger partial charge in [-0.2, -0.15) is 0 Å². The molecule has 0 radical (unpaired) electrons. The van der Waals surface area contributed by atoms with Gasteiger partial charge in [-0.1, -0.05) is 12.1 Å². The van der Waals surface area contributed by atoms with Crippen molar-refractivity contribution in [2.24, 2.45) is 0 Å². The van der Waals surface area contributed by atoms with Crippen molar-refractivity contribution in [3.8, 4) is 5.75 Å². The van der Waals surface area contributed by atoms with E-state index in [2.05, 4.69) is 5.32 Å². The average Bonchev–Trinajstić information content (AvgIpc) is 2.48. The lowest BCUT2D eigenvalue weighted by molar-refractivity contribution is -0.139. The van der Waals surface area contributed by atoms with E-state index in [1.54, 1.807) is 38.1 Å². The molecule has 0 heterocycles. The van der Waals surface area contributed by atoms with Crippen molar-refractivity contribution >= 4 is 13.6 Å². The Morgan fingerprint density at radius 1 is 1.23 bits per heavy atom. The fourth-order valence-corrected chi connectivity index (χ4v) is 3.32. The summed E-state index contributed by atoms with van der Waals surface area (Å²) in [5.41, 5.74) is 0.521. The molecule has 0 aliphatic heterocycles. The summed E-state index contributed by atoms with van der Waals surface area (Å²) in [5.74, 6) is -0.452. The zero-order valence-corrected chi connectivity index (χ0v) is 13.8. The van der Waals surface area contributed by atoms with Crippen LogP contribution in [-0.2, 0) is 18.4 Å². The summed E-state index contributed by atoms with van der Waals surface area (Å²) in [6.45, 7) is 3.84. The Hall–Kier alpha value is -1.40. The van der Waals surface area contributed by atoms with Gasteiger partial charge in [-0.25, -0.2) is 0 Å². The fraction of sp³-hybridized carbons (Fsp3) is 0.500. The van der Waals surface area contributed by atoms with Gasteiger partial charge in [0.05, 0.1) is 26.6 Å². The molecule has 0 saturated heterocycles. The monoisotopic (exact) mass is 331 g/mol. The molecule has 7 nitrogen and oxygen atoms in total. The molecule has 124 valence electrons. The summed E-state index contributed by atoms with van der Waals surface area (Å²) in [5, 5.41) is 12.1. The van der Waals surface area contributed by atoms with E-state index in [1.165, 1.54) is 7.11 Å². The van der Waals surface area contributed by atoms with Gasteiger partial charge in [-0.3, -0.25) is 14.7 Å². The van der Waals surface area contributed by atoms with E-state index in [0.29, 0.717) is 11.3 Å². The number of methoxy groups -OCH3 is 1. The van der Waals surface area contributed by atoms with Gasteiger partial charge in [0.2, 0.25) is 0 Å². The molecule has 2 N–H and O–H groups in total. The summed E-state index contributed by atoms with van der Waals surface area (Å²) in [4.78, 5) is 11.4. The minimum Gasteiger partial charge on any atom is -0.497 e. The molecule has 0 amide bonds. The summed E-state index contributed by atoms with van der Waals surface area (Å²) in [6, 6.07) is 5.59. The molecule has 0 aliphatic carbocycles. The number of benzene rings is 1. The van der Waals surface area contributed by atoms with Crippen molar-refractivity contribution in [3.63, 3.8) is 0 Å². The van der Waals surface area contributed by atoms with E-state index >= 15 is 0 Å².